The first-order chi connectivity index (χ1) is 8.59. The molecule has 6 heteroatoms. The van der Waals surface area contributed by atoms with Gasteiger partial charge in [-0.25, -0.2) is 0 Å². The maximum Gasteiger partial charge on any atom is 0.239 e. The molecule has 19 heavy (non-hydrogen) atoms. The molecule has 0 aliphatic carbocycles. The Hall–Kier alpha value is -1.17. The summed E-state index contributed by atoms with van der Waals surface area (Å²) in [5, 5.41) is 5.38. The van der Waals surface area contributed by atoms with Crippen molar-refractivity contribution < 1.29 is 9.59 Å². The van der Waals surface area contributed by atoms with Crippen LogP contribution in [-0.2, 0) is 9.59 Å². The molecule has 2 amide bonds. The molecule has 4 N–H and O–H groups in total. The first-order valence-corrected chi connectivity index (χ1v) is 6.89. The van der Waals surface area contributed by atoms with Gasteiger partial charge in [0.05, 0.1) is 16.9 Å². The third-order valence-electron chi connectivity index (χ3n) is 3.04. The lowest BCUT2D eigenvalue weighted by atomic mass is 9.81. The summed E-state index contributed by atoms with van der Waals surface area (Å²) in [4.78, 5) is 24.0. The van der Waals surface area contributed by atoms with Gasteiger partial charge in [-0.05, 0) is 33.6 Å². The van der Waals surface area contributed by atoms with E-state index in [0.717, 1.165) is 0 Å². The molecule has 0 bridgehead atoms. The molecule has 0 atom stereocenters. The molecule has 0 radical (unpaired) electrons. The molecule has 0 aromatic heterocycles. The summed E-state index contributed by atoms with van der Waals surface area (Å²) in [6.45, 7) is 9.29. The Bertz CT molecular complexity index is 357. The predicted molar refractivity (Wildman–Crippen MR) is 80.7 cm³/mol. The highest BCUT2D eigenvalue weighted by atomic mass is 32.1. The minimum atomic E-state index is -0.864. The number of nitrogens with one attached hydrogen (secondary N) is 2. The predicted octanol–water partition coefficient (Wildman–Crippen LogP) is 1.11. The standard InChI is InChI=1S/C13H25N3O2S/c1-6-13(7-2,10(14)19)11(18)15-8-9(17)16-12(3,4)5/h6-8H2,1-5H3,(H2,14,19)(H,15,18)(H,16,17). The van der Waals surface area contributed by atoms with E-state index in [2.05, 4.69) is 10.6 Å². The van der Waals surface area contributed by atoms with E-state index in [1.807, 2.05) is 34.6 Å². The number of carbonyl (C=O) groups excluding carboxylic acids is 2. The monoisotopic (exact) mass is 287 g/mol. The van der Waals surface area contributed by atoms with E-state index < -0.39 is 5.41 Å². The van der Waals surface area contributed by atoms with E-state index in [0.29, 0.717) is 12.8 Å². The average molecular weight is 287 g/mol. The summed E-state index contributed by atoms with van der Waals surface area (Å²) in [7, 11) is 0. The third-order valence-corrected chi connectivity index (χ3v) is 3.43. The van der Waals surface area contributed by atoms with E-state index in [9.17, 15) is 9.59 Å². The normalized spacial score (nSPS) is 11.8. The molecular formula is C13H25N3O2S. The van der Waals surface area contributed by atoms with Crippen molar-refractivity contribution in [2.45, 2.75) is 53.0 Å². The van der Waals surface area contributed by atoms with Crippen LogP contribution in [0.15, 0.2) is 0 Å². The molecule has 0 unspecified atom stereocenters. The maximum absolute atomic E-state index is 12.2. The fraction of sp³-hybridized carbons (Fsp3) is 0.769. The summed E-state index contributed by atoms with van der Waals surface area (Å²) < 4.78 is 0. The van der Waals surface area contributed by atoms with Crippen LogP contribution in [-0.4, -0.2) is 28.9 Å². The smallest absolute Gasteiger partial charge is 0.239 e. The van der Waals surface area contributed by atoms with Crippen LogP contribution in [0.4, 0.5) is 0 Å². The van der Waals surface area contributed by atoms with Gasteiger partial charge in [0.2, 0.25) is 11.8 Å². The Balaban J connectivity index is 4.61. The molecule has 0 aromatic carbocycles. The van der Waals surface area contributed by atoms with Crippen molar-refractivity contribution in [1.29, 1.82) is 0 Å². The second kappa shape index (κ2) is 6.84. The van der Waals surface area contributed by atoms with E-state index in [-0.39, 0.29) is 28.9 Å². The maximum atomic E-state index is 12.2. The highest BCUT2D eigenvalue weighted by molar-refractivity contribution is 7.80. The van der Waals surface area contributed by atoms with E-state index in [4.69, 9.17) is 18.0 Å². The van der Waals surface area contributed by atoms with Gasteiger partial charge >= 0.3 is 0 Å². The summed E-state index contributed by atoms with van der Waals surface area (Å²) in [6.07, 6.45) is 1.04. The van der Waals surface area contributed by atoms with E-state index >= 15 is 0 Å². The number of rotatable bonds is 6. The van der Waals surface area contributed by atoms with Gasteiger partial charge in [0.1, 0.15) is 0 Å². The van der Waals surface area contributed by atoms with Crippen molar-refractivity contribution >= 4 is 29.0 Å². The summed E-state index contributed by atoms with van der Waals surface area (Å²) in [5.41, 5.74) is 4.49. The molecule has 0 rings (SSSR count). The lowest BCUT2D eigenvalue weighted by Crippen LogP contribution is -2.52. The molecule has 0 heterocycles. The van der Waals surface area contributed by atoms with Crippen molar-refractivity contribution in [2.75, 3.05) is 6.54 Å². The van der Waals surface area contributed by atoms with E-state index in [1.165, 1.54) is 0 Å². The fourth-order valence-electron chi connectivity index (χ4n) is 1.82. The van der Waals surface area contributed by atoms with Crippen LogP contribution >= 0.6 is 12.2 Å². The zero-order valence-corrected chi connectivity index (χ0v) is 13.2. The van der Waals surface area contributed by atoms with Gasteiger partial charge in [0.25, 0.3) is 0 Å². The van der Waals surface area contributed by atoms with Crippen molar-refractivity contribution in [3.05, 3.63) is 0 Å². The number of carbonyl (C=O) groups is 2. The Morgan fingerprint density at radius 3 is 1.95 bits per heavy atom. The van der Waals surface area contributed by atoms with Crippen LogP contribution in [0.2, 0.25) is 0 Å². The van der Waals surface area contributed by atoms with Crippen LogP contribution in [0.1, 0.15) is 47.5 Å². The minimum absolute atomic E-state index is 0.0690. The highest BCUT2D eigenvalue weighted by Gasteiger charge is 2.38. The average Bonchev–Trinajstić information content (AvgIpc) is 2.26. The highest BCUT2D eigenvalue weighted by Crippen LogP contribution is 2.26. The fourth-order valence-corrected chi connectivity index (χ4v) is 2.21. The minimum Gasteiger partial charge on any atom is -0.392 e. The number of hydrogen-bond donors (Lipinski definition) is 3. The largest absolute Gasteiger partial charge is 0.392 e. The summed E-state index contributed by atoms with van der Waals surface area (Å²) in [6, 6.07) is 0. The van der Waals surface area contributed by atoms with Crippen molar-refractivity contribution in [3.63, 3.8) is 0 Å². The molecule has 0 saturated carbocycles. The zero-order chi connectivity index (χ0) is 15.3. The lowest BCUT2D eigenvalue weighted by Gasteiger charge is -2.29. The zero-order valence-electron chi connectivity index (χ0n) is 12.4. The Morgan fingerprint density at radius 2 is 1.63 bits per heavy atom. The lowest BCUT2D eigenvalue weighted by molar-refractivity contribution is -0.131. The van der Waals surface area contributed by atoms with Crippen LogP contribution in [0, 0.1) is 5.41 Å². The number of amides is 2. The number of nitrogens with two attached hydrogens (primary N) is 1. The SMILES string of the molecule is CCC(CC)(C(=O)NCC(=O)NC(C)(C)C)C(N)=S. The molecule has 0 aromatic rings. The molecule has 0 fully saturated rings. The van der Waals surface area contributed by atoms with Gasteiger partial charge in [-0.3, -0.25) is 9.59 Å². The molecule has 110 valence electrons. The Morgan fingerprint density at radius 1 is 1.16 bits per heavy atom. The van der Waals surface area contributed by atoms with Gasteiger partial charge < -0.3 is 16.4 Å². The third kappa shape index (κ3) is 5.14. The summed E-state index contributed by atoms with van der Waals surface area (Å²) in [5.74, 6) is -0.515. The van der Waals surface area contributed by atoms with Crippen LogP contribution in [0.5, 0.6) is 0 Å². The molecule has 0 aliphatic rings. The molecule has 0 aliphatic heterocycles. The Kier molecular flexibility index (Phi) is 6.42. The quantitative estimate of drug-likeness (QED) is 0.639. The van der Waals surface area contributed by atoms with Gasteiger partial charge in [0, 0.05) is 5.54 Å². The number of thiocarbonyl (C=S) groups is 1. The van der Waals surface area contributed by atoms with Gasteiger partial charge in [-0.1, -0.05) is 26.1 Å². The first-order valence-electron chi connectivity index (χ1n) is 6.48. The molecule has 5 nitrogen and oxygen atoms in total. The number of hydrogen-bond acceptors (Lipinski definition) is 3. The van der Waals surface area contributed by atoms with Crippen molar-refractivity contribution in [3.8, 4) is 0 Å². The van der Waals surface area contributed by atoms with Crippen molar-refractivity contribution in [2.24, 2.45) is 11.1 Å². The van der Waals surface area contributed by atoms with Crippen LogP contribution in [0.25, 0.3) is 0 Å². The summed E-state index contributed by atoms with van der Waals surface area (Å²) >= 11 is 4.99. The van der Waals surface area contributed by atoms with E-state index in [1.54, 1.807) is 0 Å². The molecule has 0 saturated heterocycles. The Labute approximate surface area is 120 Å². The van der Waals surface area contributed by atoms with Gasteiger partial charge in [-0.15, -0.1) is 0 Å². The molecule has 0 spiro atoms. The van der Waals surface area contributed by atoms with Gasteiger partial charge in [-0.2, -0.15) is 0 Å². The van der Waals surface area contributed by atoms with Crippen LogP contribution in [0.3, 0.4) is 0 Å². The molecular weight excluding hydrogens is 262 g/mol. The van der Waals surface area contributed by atoms with Crippen molar-refractivity contribution in [1.82, 2.24) is 10.6 Å². The topological polar surface area (TPSA) is 84.2 Å². The second-order valence-electron chi connectivity index (χ2n) is 5.63. The van der Waals surface area contributed by atoms with Gasteiger partial charge in [0.15, 0.2) is 0 Å². The first kappa shape index (κ1) is 17.8. The second-order valence-corrected chi connectivity index (χ2v) is 6.07. The van der Waals surface area contributed by atoms with Crippen LogP contribution < -0.4 is 16.4 Å².